The highest BCUT2D eigenvalue weighted by atomic mass is 16.5. The molecule has 1 saturated carbocycles. The van der Waals surface area contributed by atoms with Gasteiger partial charge in [0, 0.05) is 48.3 Å². The Hall–Kier alpha value is -6.10. The number of phenols is 2. The summed E-state index contributed by atoms with van der Waals surface area (Å²) in [6.07, 6.45) is 21.0. The number of aromatic nitrogens is 2. The number of phenolic OH excluding ortho intramolecular Hbond substituents is 2. The molecule has 0 amide bonds. The molecule has 65 heavy (non-hydrogen) atoms. The SMILES string of the molecule is O=C1CCc2cc(c(O)c(OC3CCCC3)c2)Cc2ccc3c(c2)[C@H](C=C[C@H]3CO)c2cc[nH]c2[N-]CC2=Cc3[n-]ccc3[C@H](C[C@@H]3C=Cc4c(O)cccc4CC3)[C@@H]2C(=O)[C@H]1CCO. The highest BCUT2D eigenvalue weighted by molar-refractivity contribution is 6.05. The zero-order chi connectivity index (χ0) is 44.6. The van der Waals surface area contributed by atoms with E-state index in [2.05, 4.69) is 47.5 Å². The third-order valence-corrected chi connectivity index (χ3v) is 14.8. The summed E-state index contributed by atoms with van der Waals surface area (Å²) in [4.78, 5) is 38.3. The van der Waals surface area contributed by atoms with E-state index in [9.17, 15) is 25.2 Å². The fourth-order valence-corrected chi connectivity index (χ4v) is 11.4. The minimum absolute atomic E-state index is 0.000821. The number of H-pyrrole nitrogens is 1. The summed E-state index contributed by atoms with van der Waals surface area (Å²) >= 11 is 0. The first-order valence-electron chi connectivity index (χ1n) is 23.5. The van der Waals surface area contributed by atoms with Gasteiger partial charge in [-0.2, -0.15) is 6.20 Å². The first kappa shape index (κ1) is 42.8. The number of ether oxygens (including phenoxy) is 1. The second-order valence-electron chi connectivity index (χ2n) is 18.8. The number of allylic oxidation sites excluding steroid dienone is 2. The Kier molecular flexibility index (Phi) is 12.1. The van der Waals surface area contributed by atoms with Crippen LogP contribution in [0.15, 0.2) is 96.9 Å². The number of Topliss-reactive ketones (excluding diaryl/α,β-unsaturated/α-hetero) is 2. The van der Waals surface area contributed by atoms with Crippen LogP contribution in [0.5, 0.6) is 17.2 Å². The molecule has 336 valence electrons. The number of aliphatic hydroxyl groups excluding tert-OH is 2. The molecule has 0 unspecified atom stereocenters. The lowest BCUT2D eigenvalue weighted by Crippen LogP contribution is -2.37. The van der Waals surface area contributed by atoms with Crippen LogP contribution >= 0.6 is 0 Å². The lowest BCUT2D eigenvalue weighted by Gasteiger charge is -2.38. The highest BCUT2D eigenvalue weighted by Crippen LogP contribution is 2.48. The maximum Gasteiger partial charge on any atom is 0.161 e. The summed E-state index contributed by atoms with van der Waals surface area (Å²) in [5.41, 5.74) is 9.98. The first-order valence-corrected chi connectivity index (χ1v) is 23.5. The Morgan fingerprint density at radius 2 is 1.69 bits per heavy atom. The minimum atomic E-state index is -1.05. The summed E-state index contributed by atoms with van der Waals surface area (Å²) in [5.74, 6) is -1.39. The van der Waals surface area contributed by atoms with Crippen LogP contribution in [0.4, 0.5) is 5.82 Å². The Bertz CT molecular complexity index is 2680. The number of carbonyl (C=O) groups is 2. The number of aliphatic hydroxyl groups is 2. The van der Waals surface area contributed by atoms with Crippen molar-refractivity contribution < 1.29 is 34.8 Å². The number of benzene rings is 3. The number of rotatable bonds is 7. The molecule has 1 aliphatic heterocycles. The average molecular weight is 872 g/mol. The molecule has 0 saturated heterocycles. The standard InChI is InChI=1S/C55H57N3O7/c59-23-20-45-50(62)17-11-34-25-37(53(63)51(28-34)65-39-5-1-2-6-39)24-33-10-14-40-36(31-60)13-16-42(46(40)27-33)44-19-22-57-55(44)58-30-38-29-48-43(18-21-56-48)47(52(38)54(45)64)26-32-8-12-35-4-3-7-49(61)41(35)15-9-32/h3-4,7,9-10,13-16,18-19,21-22,25,27-29,32,36,39,42,45,47,52,57,59-61,63H,1-2,5-6,8,11-12,17,20,23-24,26,30-31H2/q-2/t32-,36-,42+,45-,47-,52+/m0/s1. The van der Waals surface area contributed by atoms with Crippen molar-refractivity contribution in [1.82, 2.24) is 9.97 Å². The molecule has 0 spiro atoms. The van der Waals surface area contributed by atoms with Crippen molar-refractivity contribution in [3.05, 3.63) is 158 Å². The van der Waals surface area contributed by atoms with Crippen LogP contribution in [-0.4, -0.2) is 62.8 Å². The van der Waals surface area contributed by atoms with E-state index in [4.69, 9.17) is 15.0 Å². The van der Waals surface area contributed by atoms with Crippen LogP contribution < -0.4 is 9.72 Å². The number of aryl methyl sites for hydroxylation is 2. The molecule has 10 heteroatoms. The van der Waals surface area contributed by atoms with E-state index < -0.39 is 11.8 Å². The van der Waals surface area contributed by atoms with E-state index >= 15 is 4.79 Å². The topological polar surface area (TPSA) is 168 Å². The second-order valence-corrected chi connectivity index (χ2v) is 18.8. The number of aromatic amines is 1. The van der Waals surface area contributed by atoms with Gasteiger partial charge in [-0.25, -0.2) is 0 Å². The zero-order valence-corrected chi connectivity index (χ0v) is 36.7. The van der Waals surface area contributed by atoms with Gasteiger partial charge in [-0.3, -0.25) is 9.59 Å². The van der Waals surface area contributed by atoms with Crippen LogP contribution in [0.25, 0.3) is 17.5 Å². The van der Waals surface area contributed by atoms with Crippen molar-refractivity contribution in [2.24, 2.45) is 17.8 Å². The predicted molar refractivity (Wildman–Crippen MR) is 251 cm³/mol. The van der Waals surface area contributed by atoms with E-state index in [-0.39, 0.29) is 85.4 Å². The lowest BCUT2D eigenvalue weighted by atomic mass is 9.67. The lowest BCUT2D eigenvalue weighted by molar-refractivity contribution is -0.135. The number of aromatic hydroxyl groups is 2. The molecule has 4 aliphatic carbocycles. The van der Waals surface area contributed by atoms with Gasteiger partial charge in [-0.15, -0.1) is 5.69 Å². The van der Waals surface area contributed by atoms with Crippen molar-refractivity contribution >= 4 is 29.5 Å². The van der Waals surface area contributed by atoms with Crippen LogP contribution in [0.1, 0.15) is 125 Å². The van der Waals surface area contributed by atoms with Gasteiger partial charge in [-0.1, -0.05) is 102 Å². The molecule has 10 nitrogen and oxygen atoms in total. The van der Waals surface area contributed by atoms with Gasteiger partial charge in [0.15, 0.2) is 17.3 Å². The summed E-state index contributed by atoms with van der Waals surface area (Å²) in [6.45, 7) is -0.167. The maximum absolute atomic E-state index is 15.5. The van der Waals surface area contributed by atoms with E-state index in [1.807, 2.05) is 48.7 Å². The van der Waals surface area contributed by atoms with Gasteiger partial charge in [0.05, 0.1) is 18.6 Å². The molecule has 5 N–H and O–H groups in total. The minimum Gasteiger partial charge on any atom is -0.664 e. The Labute approximate surface area is 380 Å². The molecular weight excluding hydrogens is 815 g/mol. The molecule has 3 heterocycles. The van der Waals surface area contributed by atoms with Gasteiger partial charge < -0.3 is 40.4 Å². The number of nitrogens with zero attached hydrogens (tertiary/aromatic N) is 2. The van der Waals surface area contributed by atoms with Gasteiger partial charge in [0.1, 0.15) is 11.5 Å². The van der Waals surface area contributed by atoms with Crippen molar-refractivity contribution in [2.45, 2.75) is 94.5 Å². The third-order valence-electron chi connectivity index (χ3n) is 14.8. The normalized spacial score (nSPS) is 24.3. The first-order chi connectivity index (χ1) is 31.8. The number of ketones is 2. The van der Waals surface area contributed by atoms with E-state index in [0.717, 1.165) is 94.3 Å². The molecule has 6 atom stereocenters. The quantitative estimate of drug-likeness (QED) is 0.0796. The smallest absolute Gasteiger partial charge is 0.161 e. The molecule has 1 fully saturated rings. The van der Waals surface area contributed by atoms with Crippen LogP contribution in [0.2, 0.25) is 0 Å². The number of hydrogen-bond acceptors (Lipinski definition) is 7. The summed E-state index contributed by atoms with van der Waals surface area (Å²) in [7, 11) is 0. The number of carbonyl (C=O) groups excluding carboxylic acids is 2. The van der Waals surface area contributed by atoms with Gasteiger partial charge in [-0.05, 0) is 122 Å². The van der Waals surface area contributed by atoms with E-state index in [1.165, 1.54) is 0 Å². The van der Waals surface area contributed by atoms with Crippen molar-refractivity contribution in [3.8, 4) is 17.2 Å². The molecule has 0 radical (unpaired) electrons. The van der Waals surface area contributed by atoms with Crippen LogP contribution in [-0.2, 0) is 28.9 Å². The molecule has 10 rings (SSSR count). The number of nitrogens with one attached hydrogen (secondary N) is 1. The zero-order valence-electron chi connectivity index (χ0n) is 36.7. The summed E-state index contributed by atoms with van der Waals surface area (Å²) in [6, 6.07) is 19.8. The van der Waals surface area contributed by atoms with Gasteiger partial charge in [0.25, 0.3) is 0 Å². The average Bonchev–Trinajstić information content (AvgIpc) is 4.09. The fourth-order valence-electron chi connectivity index (χ4n) is 11.4. The molecule has 5 aromatic rings. The summed E-state index contributed by atoms with van der Waals surface area (Å²) in [5, 5.41) is 48.7. The molecular formula is C55H57N3O7-2. The fraction of sp³-hybridized carbons (Fsp3) is 0.382. The molecule has 5 aliphatic rings. The molecule has 3 aromatic carbocycles. The predicted octanol–water partition coefficient (Wildman–Crippen LogP) is 9.62. The van der Waals surface area contributed by atoms with Crippen LogP contribution in [0, 0.1) is 17.8 Å². The van der Waals surface area contributed by atoms with E-state index in [0.29, 0.717) is 36.4 Å². The Morgan fingerprint density at radius 1 is 0.815 bits per heavy atom. The van der Waals surface area contributed by atoms with Crippen LogP contribution in [0.3, 0.4) is 0 Å². The highest BCUT2D eigenvalue weighted by Gasteiger charge is 2.41. The van der Waals surface area contributed by atoms with E-state index in [1.54, 1.807) is 12.3 Å². The maximum atomic E-state index is 15.5. The Balaban J connectivity index is 1.07. The Morgan fingerprint density at radius 3 is 2.54 bits per heavy atom. The van der Waals surface area contributed by atoms with Crippen molar-refractivity contribution in [2.75, 3.05) is 19.8 Å². The number of hydrogen-bond donors (Lipinski definition) is 5. The molecule has 2 aromatic heterocycles. The van der Waals surface area contributed by atoms with Crippen molar-refractivity contribution in [1.29, 1.82) is 0 Å². The molecule has 4 bridgehead atoms. The summed E-state index contributed by atoms with van der Waals surface area (Å²) < 4.78 is 6.48. The monoisotopic (exact) mass is 871 g/mol. The van der Waals surface area contributed by atoms with Gasteiger partial charge >= 0.3 is 0 Å². The third kappa shape index (κ3) is 8.50. The number of fused-ring (bicyclic) bond motifs is 8. The van der Waals surface area contributed by atoms with Crippen molar-refractivity contribution in [3.63, 3.8) is 0 Å². The second kappa shape index (κ2) is 18.4. The largest absolute Gasteiger partial charge is 0.664 e. The van der Waals surface area contributed by atoms with Gasteiger partial charge in [0.2, 0.25) is 0 Å².